The molecule has 3 rings (SSSR count). The van der Waals surface area contributed by atoms with E-state index >= 15 is 0 Å². The van der Waals surface area contributed by atoms with Crippen molar-refractivity contribution < 1.29 is 4.39 Å². The monoisotopic (exact) mass is 384 g/mol. The molecule has 1 heterocycles. The first-order valence-electron chi connectivity index (χ1n) is 7.31. The molecule has 0 saturated carbocycles. The predicted molar refractivity (Wildman–Crippen MR) is 93.8 cm³/mol. The fourth-order valence-electron chi connectivity index (χ4n) is 2.50. The van der Waals surface area contributed by atoms with Gasteiger partial charge in [-0.25, -0.2) is 9.07 Å². The number of hydrogen-bond acceptors (Lipinski definition) is 3. The molecule has 0 aliphatic heterocycles. The van der Waals surface area contributed by atoms with Crippen LogP contribution in [0.5, 0.6) is 0 Å². The van der Waals surface area contributed by atoms with E-state index in [4.69, 9.17) is 5.73 Å². The summed E-state index contributed by atoms with van der Waals surface area (Å²) in [6.45, 7) is 0.318. The maximum atomic E-state index is 13.3. The Kier molecular flexibility index (Phi) is 4.63. The molecule has 2 N–H and O–H groups in total. The van der Waals surface area contributed by atoms with Gasteiger partial charge in [-0.15, -0.1) is 0 Å². The Bertz CT molecular complexity index is 910. The molecule has 3 aromatic rings. The van der Waals surface area contributed by atoms with Crippen molar-refractivity contribution in [3.63, 3.8) is 0 Å². The number of benzene rings is 2. The zero-order valence-corrected chi connectivity index (χ0v) is 14.3. The van der Waals surface area contributed by atoms with Gasteiger partial charge in [-0.1, -0.05) is 40.2 Å². The molecule has 0 saturated heterocycles. The number of halogens is 2. The van der Waals surface area contributed by atoms with Crippen molar-refractivity contribution in [3.05, 3.63) is 81.2 Å². The summed E-state index contributed by atoms with van der Waals surface area (Å²) in [5, 5.41) is 13.9. The molecule has 4 nitrogen and oxygen atoms in total. The molecule has 120 valence electrons. The van der Waals surface area contributed by atoms with Gasteiger partial charge < -0.3 is 5.73 Å². The van der Waals surface area contributed by atoms with Crippen molar-refractivity contribution in [2.75, 3.05) is 5.73 Å². The highest BCUT2D eigenvalue weighted by Gasteiger charge is 2.16. The second kappa shape index (κ2) is 6.85. The second-order valence-electron chi connectivity index (χ2n) is 5.41. The van der Waals surface area contributed by atoms with Gasteiger partial charge in [0.05, 0.1) is 12.2 Å². The van der Waals surface area contributed by atoms with Gasteiger partial charge >= 0.3 is 0 Å². The molecule has 0 bridgehead atoms. The van der Waals surface area contributed by atoms with Crippen molar-refractivity contribution >= 4 is 21.7 Å². The lowest BCUT2D eigenvalue weighted by atomic mass is 10.1. The van der Waals surface area contributed by atoms with Crippen LogP contribution in [0.2, 0.25) is 0 Å². The summed E-state index contributed by atoms with van der Waals surface area (Å²) in [7, 11) is 0. The van der Waals surface area contributed by atoms with Crippen LogP contribution in [0.3, 0.4) is 0 Å². The van der Waals surface area contributed by atoms with E-state index in [0.29, 0.717) is 30.0 Å². The van der Waals surface area contributed by atoms with E-state index in [-0.39, 0.29) is 5.82 Å². The Morgan fingerprint density at radius 1 is 1.17 bits per heavy atom. The molecule has 0 atom stereocenters. The van der Waals surface area contributed by atoms with Crippen LogP contribution in [0, 0.1) is 17.1 Å². The highest BCUT2D eigenvalue weighted by atomic mass is 79.9. The summed E-state index contributed by atoms with van der Waals surface area (Å²) in [4.78, 5) is 0. The molecule has 24 heavy (non-hydrogen) atoms. The van der Waals surface area contributed by atoms with Gasteiger partial charge in [-0.3, -0.25) is 0 Å². The Balaban J connectivity index is 1.91. The van der Waals surface area contributed by atoms with Crippen LogP contribution in [0.1, 0.15) is 22.4 Å². The maximum Gasteiger partial charge on any atom is 0.140 e. The smallest absolute Gasteiger partial charge is 0.140 e. The SMILES string of the molecule is N#Cc1c(Cc2ccc(Br)cc2)nn(Cc2cccc(F)c2)c1N. The summed E-state index contributed by atoms with van der Waals surface area (Å²) < 4.78 is 15.9. The normalized spacial score (nSPS) is 10.5. The van der Waals surface area contributed by atoms with Crippen LogP contribution in [0.4, 0.5) is 10.2 Å². The van der Waals surface area contributed by atoms with E-state index < -0.39 is 0 Å². The summed E-state index contributed by atoms with van der Waals surface area (Å²) >= 11 is 3.39. The largest absolute Gasteiger partial charge is 0.383 e. The van der Waals surface area contributed by atoms with Gasteiger partial charge in [0.2, 0.25) is 0 Å². The van der Waals surface area contributed by atoms with Gasteiger partial charge in [-0.2, -0.15) is 10.4 Å². The first-order chi connectivity index (χ1) is 11.6. The van der Waals surface area contributed by atoms with E-state index in [1.54, 1.807) is 16.8 Å². The zero-order chi connectivity index (χ0) is 17.1. The van der Waals surface area contributed by atoms with Crippen LogP contribution < -0.4 is 5.73 Å². The van der Waals surface area contributed by atoms with Gasteiger partial charge in [0.1, 0.15) is 23.3 Å². The minimum absolute atomic E-state index is 0.300. The molecular formula is C18H14BrFN4. The molecule has 0 unspecified atom stereocenters. The van der Waals surface area contributed by atoms with Crippen molar-refractivity contribution in [1.29, 1.82) is 5.26 Å². The Morgan fingerprint density at radius 3 is 2.58 bits per heavy atom. The summed E-state index contributed by atoms with van der Waals surface area (Å²) in [5.74, 6) is -0.0114. The molecular weight excluding hydrogens is 371 g/mol. The number of anilines is 1. The Hall–Kier alpha value is -2.65. The minimum Gasteiger partial charge on any atom is -0.383 e. The van der Waals surface area contributed by atoms with E-state index in [1.807, 2.05) is 24.3 Å². The number of nitrogens with two attached hydrogens (primary N) is 1. The number of aromatic nitrogens is 2. The summed E-state index contributed by atoms with van der Waals surface area (Å²) in [5.41, 5.74) is 8.82. The summed E-state index contributed by atoms with van der Waals surface area (Å²) in [6.07, 6.45) is 0.510. The third-order valence-electron chi connectivity index (χ3n) is 3.68. The van der Waals surface area contributed by atoms with Gasteiger partial charge in [0.15, 0.2) is 0 Å². The van der Waals surface area contributed by atoms with E-state index in [0.717, 1.165) is 15.6 Å². The Labute approximate surface area is 147 Å². The molecule has 0 spiro atoms. The molecule has 6 heteroatoms. The number of nitrogens with zero attached hydrogens (tertiary/aromatic N) is 3. The Morgan fingerprint density at radius 2 is 1.92 bits per heavy atom. The third-order valence-corrected chi connectivity index (χ3v) is 4.21. The van der Waals surface area contributed by atoms with Crippen LogP contribution in [0.25, 0.3) is 0 Å². The fraction of sp³-hybridized carbons (Fsp3) is 0.111. The minimum atomic E-state index is -0.311. The van der Waals surface area contributed by atoms with Crippen molar-refractivity contribution in [3.8, 4) is 6.07 Å². The summed E-state index contributed by atoms with van der Waals surface area (Å²) in [6, 6.07) is 16.2. The highest BCUT2D eigenvalue weighted by Crippen LogP contribution is 2.21. The molecule has 0 amide bonds. The van der Waals surface area contributed by atoms with E-state index in [1.165, 1.54) is 12.1 Å². The molecule has 0 fully saturated rings. The number of nitriles is 1. The number of hydrogen-bond donors (Lipinski definition) is 1. The lowest BCUT2D eigenvalue weighted by molar-refractivity contribution is 0.619. The van der Waals surface area contributed by atoms with Crippen molar-refractivity contribution in [2.45, 2.75) is 13.0 Å². The molecule has 0 aliphatic carbocycles. The quantitative estimate of drug-likeness (QED) is 0.741. The lowest BCUT2D eigenvalue weighted by Gasteiger charge is -2.04. The number of rotatable bonds is 4. The van der Waals surface area contributed by atoms with Gasteiger partial charge in [0.25, 0.3) is 0 Å². The second-order valence-corrected chi connectivity index (χ2v) is 6.33. The zero-order valence-electron chi connectivity index (χ0n) is 12.7. The van der Waals surface area contributed by atoms with Crippen molar-refractivity contribution in [2.24, 2.45) is 0 Å². The van der Waals surface area contributed by atoms with Crippen LogP contribution >= 0.6 is 15.9 Å². The molecule has 1 aromatic heterocycles. The average Bonchev–Trinajstić information content (AvgIpc) is 2.84. The molecule has 0 aliphatic rings. The van der Waals surface area contributed by atoms with E-state index in [9.17, 15) is 9.65 Å². The number of nitrogen functional groups attached to an aromatic ring is 1. The van der Waals surface area contributed by atoms with E-state index in [2.05, 4.69) is 27.1 Å². The van der Waals surface area contributed by atoms with Gasteiger partial charge in [0, 0.05) is 10.9 Å². The predicted octanol–water partition coefficient (Wildman–Crippen LogP) is 3.88. The van der Waals surface area contributed by atoms with Crippen LogP contribution in [-0.4, -0.2) is 9.78 Å². The maximum absolute atomic E-state index is 13.3. The van der Waals surface area contributed by atoms with Crippen LogP contribution in [-0.2, 0) is 13.0 Å². The standard InChI is InChI=1S/C18H14BrFN4/c19-14-6-4-12(5-7-14)9-17-16(10-21)18(22)24(23-17)11-13-2-1-3-15(20)8-13/h1-8H,9,11,22H2. The third kappa shape index (κ3) is 3.47. The first-order valence-corrected chi connectivity index (χ1v) is 8.10. The van der Waals surface area contributed by atoms with Gasteiger partial charge in [-0.05, 0) is 35.4 Å². The average molecular weight is 385 g/mol. The van der Waals surface area contributed by atoms with Crippen LogP contribution in [0.15, 0.2) is 53.0 Å². The molecule has 2 aromatic carbocycles. The highest BCUT2D eigenvalue weighted by molar-refractivity contribution is 9.10. The first kappa shape index (κ1) is 16.2. The fourth-order valence-corrected chi connectivity index (χ4v) is 2.76. The lowest BCUT2D eigenvalue weighted by Crippen LogP contribution is -2.06. The van der Waals surface area contributed by atoms with Crippen molar-refractivity contribution in [1.82, 2.24) is 9.78 Å². The molecule has 0 radical (unpaired) electrons. The topological polar surface area (TPSA) is 67.6 Å².